The second kappa shape index (κ2) is 14.5. The Hall–Kier alpha value is -2.49. The van der Waals surface area contributed by atoms with Crippen LogP contribution in [0.15, 0.2) is 4.99 Å². The van der Waals surface area contributed by atoms with Crippen molar-refractivity contribution >= 4 is 29.8 Å². The monoisotopic (exact) mass is 426 g/mol. The summed E-state index contributed by atoms with van der Waals surface area (Å²) in [4.78, 5) is 50.9. The van der Waals surface area contributed by atoms with Crippen LogP contribution >= 0.6 is 0 Å². The lowest BCUT2D eigenvalue weighted by Crippen LogP contribution is -2.50. The third-order valence-electron chi connectivity index (χ3n) is 4.63. The number of primary amides is 1. The van der Waals surface area contributed by atoms with Gasteiger partial charge in [0.25, 0.3) is 0 Å². The van der Waals surface area contributed by atoms with Crippen molar-refractivity contribution in [2.75, 3.05) is 13.1 Å². The van der Waals surface area contributed by atoms with E-state index < -0.39 is 23.9 Å². The lowest BCUT2D eigenvalue weighted by Gasteiger charge is -2.17. The third kappa shape index (κ3) is 10.9. The molecule has 1 aliphatic rings. The van der Waals surface area contributed by atoms with Gasteiger partial charge in [-0.25, -0.2) is 0 Å². The highest BCUT2D eigenvalue weighted by Gasteiger charge is 2.22. The highest BCUT2D eigenvalue weighted by atomic mass is 16.2. The molecule has 0 radical (unpaired) electrons. The molecule has 0 bridgehead atoms. The van der Waals surface area contributed by atoms with Gasteiger partial charge in [-0.05, 0) is 40.0 Å². The molecule has 1 fully saturated rings. The summed E-state index contributed by atoms with van der Waals surface area (Å²) < 4.78 is 0. The van der Waals surface area contributed by atoms with Gasteiger partial charge in [0.1, 0.15) is 18.1 Å². The molecule has 4 atom stereocenters. The van der Waals surface area contributed by atoms with Crippen molar-refractivity contribution in [1.82, 2.24) is 15.5 Å². The van der Waals surface area contributed by atoms with E-state index >= 15 is 0 Å². The van der Waals surface area contributed by atoms with Crippen LogP contribution in [0.5, 0.6) is 0 Å². The van der Waals surface area contributed by atoms with E-state index in [1.807, 2.05) is 18.7 Å². The zero-order chi connectivity index (χ0) is 23.3. The van der Waals surface area contributed by atoms with Gasteiger partial charge in [0.2, 0.25) is 23.6 Å². The van der Waals surface area contributed by atoms with Gasteiger partial charge in [0.15, 0.2) is 0 Å². The van der Waals surface area contributed by atoms with Gasteiger partial charge >= 0.3 is 0 Å². The summed E-state index contributed by atoms with van der Waals surface area (Å²) in [7, 11) is 0. The first-order chi connectivity index (χ1) is 14.0. The van der Waals surface area contributed by atoms with Gasteiger partial charge in [-0.15, -0.1) is 0 Å². The van der Waals surface area contributed by atoms with Crippen LogP contribution in [0.25, 0.3) is 0 Å². The number of nitrogens with zero attached hydrogens (tertiary/aromatic N) is 2. The highest BCUT2D eigenvalue weighted by Crippen LogP contribution is 2.10. The van der Waals surface area contributed by atoms with E-state index in [1.54, 1.807) is 13.1 Å². The number of amides is 4. The summed E-state index contributed by atoms with van der Waals surface area (Å²) in [6, 6.07) is -1.71. The van der Waals surface area contributed by atoms with Gasteiger partial charge in [0.05, 0.1) is 0 Å². The van der Waals surface area contributed by atoms with E-state index in [9.17, 15) is 19.2 Å². The first-order valence-electron chi connectivity index (χ1n) is 10.5. The smallest absolute Gasteiger partial charge is 0.247 e. The first kappa shape index (κ1) is 27.5. The van der Waals surface area contributed by atoms with E-state index in [-0.39, 0.29) is 23.9 Å². The molecule has 30 heavy (non-hydrogen) atoms. The van der Waals surface area contributed by atoms with Crippen LogP contribution in [-0.2, 0) is 19.2 Å². The van der Waals surface area contributed by atoms with E-state index in [4.69, 9.17) is 11.5 Å². The van der Waals surface area contributed by atoms with Gasteiger partial charge in [-0.2, -0.15) is 0 Å². The number of carbonyl (C=O) groups is 4. The summed E-state index contributed by atoms with van der Waals surface area (Å²) in [6.07, 6.45) is 5.10. The average Bonchev–Trinajstić information content (AvgIpc) is 3.25. The first-order valence-corrected chi connectivity index (χ1v) is 10.5. The maximum atomic E-state index is 11.8. The molecule has 10 heteroatoms. The number of carbonyl (C=O) groups excluding carboxylic acids is 4. The molecule has 10 nitrogen and oxygen atoms in total. The maximum absolute atomic E-state index is 11.8. The number of aliphatic imine (C=N–C) groups is 1. The topological polar surface area (TPSA) is 160 Å². The largest absolute Gasteiger partial charge is 0.368 e. The predicted molar refractivity (Wildman–Crippen MR) is 117 cm³/mol. The molecule has 1 saturated heterocycles. The Bertz CT molecular complexity index is 604. The number of likely N-dealkylation sites (tertiary alicyclic amines) is 1. The number of hydrogen-bond donors (Lipinski definition) is 4. The van der Waals surface area contributed by atoms with Crippen LogP contribution in [0.2, 0.25) is 0 Å². The summed E-state index contributed by atoms with van der Waals surface area (Å²) in [5.74, 6) is -1.13. The van der Waals surface area contributed by atoms with Crippen LogP contribution in [-0.4, -0.2) is 72.0 Å². The summed E-state index contributed by atoms with van der Waals surface area (Å²) in [5.41, 5.74) is 10.7. The minimum absolute atomic E-state index is 0.0289. The van der Waals surface area contributed by atoms with E-state index in [1.165, 1.54) is 13.8 Å². The van der Waals surface area contributed by atoms with Crippen LogP contribution in [0, 0.1) is 0 Å². The van der Waals surface area contributed by atoms with Crippen molar-refractivity contribution in [2.45, 2.75) is 84.5 Å². The Morgan fingerprint density at radius 1 is 1.03 bits per heavy atom. The van der Waals surface area contributed by atoms with Crippen LogP contribution < -0.4 is 22.1 Å². The van der Waals surface area contributed by atoms with Gasteiger partial charge in [-0.3, -0.25) is 24.2 Å². The molecule has 0 aromatic carbocycles. The second-order valence-corrected chi connectivity index (χ2v) is 7.35. The molecule has 0 saturated carbocycles. The number of rotatable bonds is 9. The third-order valence-corrected chi connectivity index (χ3v) is 4.63. The molecule has 4 amide bonds. The number of nitrogens with one attached hydrogen (secondary N) is 2. The standard InChI is InChI=1S/C11H21N3O.C9H17N3O3/c1-3-10(12)8-13-9(2)11(15)14-6-4-5-7-14;1-4-7(13)11-6(3)9(15)12-5(2)8(10)14/h8-10H,3-7,12H2,1-2H3;5-6H,4H2,1-3H3,(H2,10,14)(H,11,13)(H,12,15). The Labute approximate surface area is 179 Å². The number of hydrogen-bond acceptors (Lipinski definition) is 6. The van der Waals surface area contributed by atoms with Crippen molar-refractivity contribution in [3.05, 3.63) is 0 Å². The average molecular weight is 427 g/mol. The summed E-state index contributed by atoms with van der Waals surface area (Å²) in [5, 5.41) is 4.85. The van der Waals surface area contributed by atoms with Crippen molar-refractivity contribution in [3.8, 4) is 0 Å². The fraction of sp³-hybridized carbons (Fsp3) is 0.750. The fourth-order valence-electron chi connectivity index (χ4n) is 2.43. The Morgan fingerprint density at radius 2 is 1.60 bits per heavy atom. The molecule has 1 rings (SSSR count). The summed E-state index contributed by atoms with van der Waals surface area (Å²) >= 11 is 0. The Balaban J connectivity index is 0.000000561. The quantitative estimate of drug-likeness (QED) is 0.372. The maximum Gasteiger partial charge on any atom is 0.247 e. The molecule has 4 unspecified atom stereocenters. The zero-order valence-corrected chi connectivity index (χ0v) is 18.8. The highest BCUT2D eigenvalue weighted by molar-refractivity contribution is 5.91. The molecule has 0 aromatic heterocycles. The molecule has 0 aliphatic carbocycles. The van der Waals surface area contributed by atoms with E-state index in [0.717, 1.165) is 32.4 Å². The summed E-state index contributed by atoms with van der Waals surface area (Å²) in [6.45, 7) is 10.3. The van der Waals surface area contributed by atoms with Gasteiger partial charge in [0, 0.05) is 31.8 Å². The van der Waals surface area contributed by atoms with E-state index in [2.05, 4.69) is 15.6 Å². The van der Waals surface area contributed by atoms with Crippen molar-refractivity contribution < 1.29 is 19.2 Å². The molecule has 0 aromatic rings. The predicted octanol–water partition coefficient (Wildman–Crippen LogP) is -0.303. The molecular formula is C20H38N6O4. The molecule has 6 N–H and O–H groups in total. The fourth-order valence-corrected chi connectivity index (χ4v) is 2.43. The van der Waals surface area contributed by atoms with Crippen molar-refractivity contribution in [3.63, 3.8) is 0 Å². The second-order valence-electron chi connectivity index (χ2n) is 7.35. The lowest BCUT2D eigenvalue weighted by molar-refractivity contribution is -0.131. The van der Waals surface area contributed by atoms with Crippen molar-refractivity contribution in [2.24, 2.45) is 16.5 Å². The molecule has 1 heterocycles. The zero-order valence-electron chi connectivity index (χ0n) is 18.8. The SMILES string of the molecule is CCC(=O)NC(C)C(=O)NC(C)C(N)=O.CCC(N)C=NC(C)C(=O)N1CCCC1. The molecular weight excluding hydrogens is 388 g/mol. The Kier molecular flexibility index (Phi) is 13.3. The molecule has 1 aliphatic heterocycles. The molecule has 0 spiro atoms. The van der Waals surface area contributed by atoms with Crippen LogP contribution in [0.4, 0.5) is 0 Å². The minimum atomic E-state index is -0.738. The lowest BCUT2D eigenvalue weighted by atomic mass is 10.2. The van der Waals surface area contributed by atoms with E-state index in [0.29, 0.717) is 6.42 Å². The molecule has 172 valence electrons. The minimum Gasteiger partial charge on any atom is -0.368 e. The Morgan fingerprint density at radius 3 is 2.07 bits per heavy atom. The van der Waals surface area contributed by atoms with Crippen LogP contribution in [0.1, 0.15) is 60.3 Å². The van der Waals surface area contributed by atoms with Gasteiger partial charge in [-0.1, -0.05) is 13.8 Å². The number of nitrogens with two attached hydrogens (primary N) is 2. The van der Waals surface area contributed by atoms with Crippen molar-refractivity contribution in [1.29, 1.82) is 0 Å². The van der Waals surface area contributed by atoms with Crippen LogP contribution in [0.3, 0.4) is 0 Å². The van der Waals surface area contributed by atoms with Gasteiger partial charge < -0.3 is 27.0 Å². The normalized spacial score (nSPS) is 17.3.